The van der Waals surface area contributed by atoms with E-state index in [0.717, 1.165) is 24.1 Å². The number of likely N-dealkylation sites (N-methyl/N-ethyl adjacent to an activating group) is 1. The van der Waals surface area contributed by atoms with Gasteiger partial charge in [0.05, 0.1) is 19.3 Å². The molecule has 21 heavy (non-hydrogen) atoms. The predicted molar refractivity (Wildman–Crippen MR) is 88.3 cm³/mol. The van der Waals surface area contributed by atoms with Gasteiger partial charge in [0.15, 0.2) is 6.17 Å². The van der Waals surface area contributed by atoms with Gasteiger partial charge in [0, 0.05) is 13.3 Å². The quantitative estimate of drug-likeness (QED) is 0.369. The smallest absolute Gasteiger partial charge is 0.217 e. The SMILES string of the molecule is C/C=C/CCCCCC1NC=C[N+]1(CC)CCNC(C)=O. The molecule has 0 aromatic carbocycles. The molecule has 1 aliphatic heterocycles. The minimum absolute atomic E-state index is 0.0564. The van der Waals surface area contributed by atoms with Crippen molar-refractivity contribution >= 4 is 5.91 Å². The first kappa shape index (κ1) is 17.8. The summed E-state index contributed by atoms with van der Waals surface area (Å²) >= 11 is 0. The number of hydrogen-bond acceptors (Lipinski definition) is 2. The zero-order chi connectivity index (χ0) is 15.6. The first-order valence-corrected chi connectivity index (χ1v) is 8.30. The van der Waals surface area contributed by atoms with E-state index in [4.69, 9.17) is 0 Å². The van der Waals surface area contributed by atoms with Crippen molar-refractivity contribution in [3.63, 3.8) is 0 Å². The number of rotatable bonds is 10. The maximum absolute atomic E-state index is 11.0. The van der Waals surface area contributed by atoms with Gasteiger partial charge in [0.2, 0.25) is 5.91 Å². The van der Waals surface area contributed by atoms with E-state index >= 15 is 0 Å². The Morgan fingerprint density at radius 3 is 2.86 bits per heavy atom. The zero-order valence-electron chi connectivity index (χ0n) is 13.9. The first-order valence-electron chi connectivity index (χ1n) is 8.30. The van der Waals surface area contributed by atoms with Gasteiger partial charge in [-0.1, -0.05) is 18.6 Å². The third kappa shape index (κ3) is 5.92. The van der Waals surface area contributed by atoms with Crippen LogP contribution in [-0.4, -0.2) is 36.2 Å². The molecule has 1 aliphatic rings. The highest BCUT2D eigenvalue weighted by molar-refractivity contribution is 5.72. The molecule has 4 heteroatoms. The molecular formula is C17H32N3O+. The van der Waals surface area contributed by atoms with E-state index in [9.17, 15) is 4.79 Å². The second-order valence-electron chi connectivity index (χ2n) is 5.83. The molecule has 0 saturated heterocycles. The van der Waals surface area contributed by atoms with Crippen molar-refractivity contribution in [1.82, 2.24) is 10.6 Å². The Morgan fingerprint density at radius 2 is 2.19 bits per heavy atom. The molecule has 4 nitrogen and oxygen atoms in total. The van der Waals surface area contributed by atoms with Gasteiger partial charge in [-0.05, 0) is 33.1 Å². The van der Waals surface area contributed by atoms with Crippen LogP contribution in [0.25, 0.3) is 0 Å². The molecule has 1 heterocycles. The van der Waals surface area contributed by atoms with Crippen LogP contribution in [0, 0.1) is 0 Å². The molecule has 2 atom stereocenters. The second kappa shape index (κ2) is 9.61. The molecule has 0 aliphatic carbocycles. The van der Waals surface area contributed by atoms with Crippen LogP contribution in [0.15, 0.2) is 24.6 Å². The Bertz CT molecular complexity index is 365. The van der Waals surface area contributed by atoms with Gasteiger partial charge in [-0.25, -0.2) is 0 Å². The molecule has 2 unspecified atom stereocenters. The summed E-state index contributed by atoms with van der Waals surface area (Å²) < 4.78 is 0.940. The van der Waals surface area contributed by atoms with Crippen LogP contribution >= 0.6 is 0 Å². The van der Waals surface area contributed by atoms with Gasteiger partial charge in [0.1, 0.15) is 12.7 Å². The highest BCUT2D eigenvalue weighted by Gasteiger charge is 2.35. The fourth-order valence-corrected chi connectivity index (χ4v) is 2.99. The van der Waals surface area contributed by atoms with Crippen LogP contribution in [-0.2, 0) is 4.79 Å². The standard InChI is InChI=1S/C17H31N3O/c1-4-6-7-8-9-10-11-17-19-13-15-20(17,5-2)14-12-18-16(3)21/h4,6,13,15,17,19H,5,7-12,14H2,1-3H3/p+1/b6-4+. The Labute approximate surface area is 129 Å². The fraction of sp³-hybridized carbons (Fsp3) is 0.706. The normalized spacial score (nSPS) is 24.4. The van der Waals surface area contributed by atoms with Crippen LogP contribution in [0.3, 0.4) is 0 Å². The summed E-state index contributed by atoms with van der Waals surface area (Å²) in [5.74, 6) is 0.0564. The average Bonchev–Trinajstić information content (AvgIpc) is 2.86. The topological polar surface area (TPSA) is 41.1 Å². The fourth-order valence-electron chi connectivity index (χ4n) is 2.99. The molecule has 0 aromatic heterocycles. The summed E-state index contributed by atoms with van der Waals surface area (Å²) in [6.07, 6.45) is 15.4. The van der Waals surface area contributed by atoms with E-state index in [-0.39, 0.29) is 5.91 Å². The Kier molecular flexibility index (Phi) is 8.13. The monoisotopic (exact) mass is 294 g/mol. The lowest BCUT2D eigenvalue weighted by Gasteiger charge is -2.37. The van der Waals surface area contributed by atoms with Gasteiger partial charge < -0.3 is 10.6 Å². The van der Waals surface area contributed by atoms with Crippen molar-refractivity contribution in [3.05, 3.63) is 24.6 Å². The number of quaternary nitrogens is 1. The Balaban J connectivity index is 2.35. The number of nitrogens with zero attached hydrogens (tertiary/aromatic N) is 1. The molecule has 0 radical (unpaired) electrons. The Hall–Kier alpha value is -1.29. The number of nitrogens with one attached hydrogen (secondary N) is 2. The third-order valence-electron chi connectivity index (χ3n) is 4.36. The summed E-state index contributed by atoms with van der Waals surface area (Å²) in [5, 5.41) is 6.42. The number of carbonyl (C=O) groups is 1. The van der Waals surface area contributed by atoms with Gasteiger partial charge in [0.25, 0.3) is 0 Å². The van der Waals surface area contributed by atoms with Crippen molar-refractivity contribution in [2.45, 2.75) is 59.0 Å². The molecule has 0 spiro atoms. The molecule has 0 bridgehead atoms. The lowest BCUT2D eigenvalue weighted by molar-refractivity contribution is -0.898. The lowest BCUT2D eigenvalue weighted by Crippen LogP contribution is -2.55. The van der Waals surface area contributed by atoms with Crippen molar-refractivity contribution in [1.29, 1.82) is 0 Å². The minimum atomic E-state index is 0.0564. The van der Waals surface area contributed by atoms with Crippen LogP contribution in [0.2, 0.25) is 0 Å². The number of amides is 1. The molecule has 0 saturated carbocycles. The minimum Gasteiger partial charge on any atom is -0.351 e. The van der Waals surface area contributed by atoms with Gasteiger partial charge >= 0.3 is 0 Å². The molecule has 120 valence electrons. The highest BCUT2D eigenvalue weighted by Crippen LogP contribution is 2.22. The maximum atomic E-state index is 11.0. The van der Waals surface area contributed by atoms with E-state index in [1.807, 2.05) is 0 Å². The molecular weight excluding hydrogens is 262 g/mol. The molecule has 1 rings (SSSR count). The number of hydrogen-bond donors (Lipinski definition) is 2. The largest absolute Gasteiger partial charge is 0.351 e. The van der Waals surface area contributed by atoms with Crippen molar-refractivity contribution in [2.24, 2.45) is 0 Å². The van der Waals surface area contributed by atoms with E-state index < -0.39 is 0 Å². The number of allylic oxidation sites excluding steroid dienone is 2. The van der Waals surface area contributed by atoms with Crippen molar-refractivity contribution in [3.8, 4) is 0 Å². The average molecular weight is 294 g/mol. The van der Waals surface area contributed by atoms with Crippen LogP contribution in [0.1, 0.15) is 52.9 Å². The summed E-state index contributed by atoms with van der Waals surface area (Å²) in [6.45, 7) is 8.65. The molecule has 0 fully saturated rings. The molecule has 1 amide bonds. The van der Waals surface area contributed by atoms with E-state index in [1.165, 1.54) is 32.1 Å². The molecule has 0 aromatic rings. The number of unbranched alkanes of at least 4 members (excludes halogenated alkanes) is 3. The zero-order valence-corrected chi connectivity index (χ0v) is 13.9. The van der Waals surface area contributed by atoms with Crippen LogP contribution < -0.4 is 10.6 Å². The Morgan fingerprint density at radius 1 is 1.38 bits per heavy atom. The number of carbonyl (C=O) groups excluding carboxylic acids is 1. The van der Waals surface area contributed by atoms with Gasteiger partial charge in [-0.2, -0.15) is 0 Å². The maximum Gasteiger partial charge on any atom is 0.217 e. The van der Waals surface area contributed by atoms with E-state index in [1.54, 1.807) is 6.92 Å². The second-order valence-corrected chi connectivity index (χ2v) is 5.83. The van der Waals surface area contributed by atoms with E-state index in [0.29, 0.717) is 6.17 Å². The summed E-state index contributed by atoms with van der Waals surface area (Å²) in [6, 6.07) is 0. The van der Waals surface area contributed by atoms with Crippen molar-refractivity contribution in [2.75, 3.05) is 19.6 Å². The third-order valence-corrected chi connectivity index (χ3v) is 4.36. The summed E-state index contributed by atoms with van der Waals surface area (Å²) in [4.78, 5) is 11.0. The van der Waals surface area contributed by atoms with Crippen molar-refractivity contribution < 1.29 is 9.28 Å². The van der Waals surface area contributed by atoms with Gasteiger partial charge in [-0.15, -0.1) is 0 Å². The lowest BCUT2D eigenvalue weighted by atomic mass is 10.1. The predicted octanol–water partition coefficient (Wildman–Crippen LogP) is 2.89. The highest BCUT2D eigenvalue weighted by atomic mass is 16.1. The first-order chi connectivity index (χ1) is 10.1. The molecule has 2 N–H and O–H groups in total. The van der Waals surface area contributed by atoms with Crippen LogP contribution in [0.5, 0.6) is 0 Å². The summed E-state index contributed by atoms with van der Waals surface area (Å²) in [5.41, 5.74) is 0. The van der Waals surface area contributed by atoms with Gasteiger partial charge in [-0.3, -0.25) is 9.28 Å². The van der Waals surface area contributed by atoms with Crippen LogP contribution in [0.4, 0.5) is 0 Å². The van der Waals surface area contributed by atoms with E-state index in [2.05, 4.69) is 49.0 Å². The summed E-state index contributed by atoms with van der Waals surface area (Å²) in [7, 11) is 0.